The van der Waals surface area contributed by atoms with Gasteiger partial charge in [-0.3, -0.25) is 28.0 Å². The van der Waals surface area contributed by atoms with Crippen LogP contribution in [0.4, 0.5) is 16.6 Å². The van der Waals surface area contributed by atoms with Gasteiger partial charge in [-0.25, -0.2) is 29.3 Å². The molecule has 26 heteroatoms. The van der Waals surface area contributed by atoms with E-state index in [-0.39, 0.29) is 36.1 Å². The average molecular weight is 843 g/mol. The Labute approximate surface area is 321 Å². The van der Waals surface area contributed by atoms with Crippen molar-refractivity contribution in [2.24, 2.45) is 11.3 Å². The zero-order valence-electron chi connectivity index (χ0n) is 30.4. The summed E-state index contributed by atoms with van der Waals surface area (Å²) in [6, 6.07) is -0.763. The number of nitrogen functional groups attached to an aromatic ring is 2. The van der Waals surface area contributed by atoms with Crippen LogP contribution in [0.5, 0.6) is 0 Å². The summed E-state index contributed by atoms with van der Waals surface area (Å²) in [5, 5.41) is 12.1. The van der Waals surface area contributed by atoms with Crippen molar-refractivity contribution in [3.63, 3.8) is 0 Å². The lowest BCUT2D eigenvalue weighted by Crippen LogP contribution is -2.40. The zero-order valence-corrected chi connectivity index (χ0v) is 33.0. The van der Waals surface area contributed by atoms with Gasteiger partial charge in [0, 0.05) is 23.9 Å². The first-order valence-corrected chi connectivity index (χ1v) is 22.3. The van der Waals surface area contributed by atoms with Crippen LogP contribution in [-0.2, 0) is 46.2 Å². The van der Waals surface area contributed by atoms with Crippen LogP contribution >= 0.6 is 25.8 Å². The summed E-state index contributed by atoms with van der Waals surface area (Å²) >= 11 is 0.550. The fourth-order valence-electron chi connectivity index (χ4n) is 7.96. The van der Waals surface area contributed by atoms with Crippen molar-refractivity contribution < 1.29 is 56.1 Å². The topological polar surface area (TPSA) is 304 Å². The highest BCUT2D eigenvalue weighted by molar-refractivity contribution is 8.55. The summed E-state index contributed by atoms with van der Waals surface area (Å²) in [7, 11) is -2.97. The summed E-state index contributed by atoms with van der Waals surface area (Å²) < 4.78 is 80.6. The maximum atomic E-state index is 15.3. The SMILES string of the molecule is CCOP1(=O)OCC23C[C@@H]2[C@@H](n2cnc4c(N)ncnc42)[C@H](O)[C@@H]3OP(=O)(SCOC(=O)OC(C)C)OC[C@H]2OC(n3cnc4c(=O)[nH]c(N)nc43)[C@H]1[C@@H]2OC. The largest absolute Gasteiger partial charge is 0.509 e. The second kappa shape index (κ2) is 14.6. The number of rotatable bonds is 9. The highest BCUT2D eigenvalue weighted by atomic mass is 32.7. The lowest BCUT2D eigenvalue weighted by Gasteiger charge is -2.35. The smallest absolute Gasteiger partial charge is 0.432 e. The van der Waals surface area contributed by atoms with Crippen LogP contribution in [0.15, 0.2) is 23.8 Å². The number of ether oxygens (including phenoxy) is 4. The van der Waals surface area contributed by atoms with Crippen molar-refractivity contribution in [3.8, 4) is 0 Å². The Morgan fingerprint density at radius 2 is 1.91 bits per heavy atom. The number of nitrogens with one attached hydrogen (secondary N) is 1. The maximum Gasteiger partial charge on any atom is 0.509 e. The van der Waals surface area contributed by atoms with E-state index in [1.807, 2.05) is 0 Å². The fourth-order valence-corrected chi connectivity index (χ4v) is 13.2. The van der Waals surface area contributed by atoms with E-state index in [4.69, 9.17) is 48.5 Å². The number of imidazole rings is 2. The molecule has 23 nitrogen and oxygen atoms in total. The normalized spacial score (nSPS) is 35.5. The number of carbonyl (C=O) groups is 1. The van der Waals surface area contributed by atoms with Gasteiger partial charge >= 0.3 is 20.5 Å². The summed E-state index contributed by atoms with van der Waals surface area (Å²) in [6.45, 7) is -0.364. The first kappa shape index (κ1) is 39.1. The molecule has 11 atom stereocenters. The Balaban J connectivity index is 1.21. The van der Waals surface area contributed by atoms with Crippen LogP contribution in [-0.4, -0.2) is 119 Å². The number of aliphatic hydroxyl groups excluding tert-OH is 1. The Morgan fingerprint density at radius 1 is 1.14 bits per heavy atom. The Bertz CT molecular complexity index is 2310. The van der Waals surface area contributed by atoms with Gasteiger partial charge in [0.1, 0.15) is 41.9 Å². The van der Waals surface area contributed by atoms with Crippen LogP contribution < -0.4 is 17.0 Å². The maximum absolute atomic E-state index is 15.3. The van der Waals surface area contributed by atoms with E-state index < -0.39 is 98.4 Å². The lowest BCUT2D eigenvalue weighted by molar-refractivity contribution is -0.0539. The molecule has 4 aromatic heterocycles. The van der Waals surface area contributed by atoms with E-state index in [0.717, 1.165) is 0 Å². The predicted octanol–water partition coefficient (Wildman–Crippen LogP) is 2.35. The monoisotopic (exact) mass is 842 g/mol. The van der Waals surface area contributed by atoms with Gasteiger partial charge in [0.2, 0.25) is 5.95 Å². The Kier molecular flexibility index (Phi) is 10.2. The number of hydrogen-bond donors (Lipinski definition) is 4. The number of carbonyl (C=O) groups excluding carboxylic acids is 1. The molecule has 4 aromatic rings. The van der Waals surface area contributed by atoms with Crippen molar-refractivity contribution in [3.05, 3.63) is 29.3 Å². The van der Waals surface area contributed by atoms with Crippen LogP contribution in [0.2, 0.25) is 0 Å². The third-order valence-corrected chi connectivity index (χ3v) is 16.1. The molecular formula is C30H40N10O13P2S. The van der Waals surface area contributed by atoms with Gasteiger partial charge in [-0.05, 0) is 33.1 Å². The van der Waals surface area contributed by atoms with E-state index in [2.05, 4.69) is 29.9 Å². The molecule has 6 heterocycles. The minimum atomic E-state index is -4.42. The minimum Gasteiger partial charge on any atom is -0.432 e. The highest BCUT2D eigenvalue weighted by Gasteiger charge is 2.74. The third-order valence-electron chi connectivity index (χ3n) is 10.4. The number of hydrogen-bond acceptors (Lipinski definition) is 21. The quantitative estimate of drug-likeness (QED) is 0.107. The number of nitrogens with zero attached hydrogens (tertiary/aromatic N) is 7. The van der Waals surface area contributed by atoms with E-state index in [9.17, 15) is 19.3 Å². The Morgan fingerprint density at radius 3 is 2.66 bits per heavy atom. The molecule has 8 rings (SSSR count). The van der Waals surface area contributed by atoms with Crippen molar-refractivity contribution in [1.29, 1.82) is 0 Å². The predicted molar refractivity (Wildman–Crippen MR) is 195 cm³/mol. The van der Waals surface area contributed by atoms with Gasteiger partial charge in [0.05, 0.1) is 44.6 Å². The van der Waals surface area contributed by atoms with Crippen LogP contribution in [0.1, 0.15) is 39.5 Å². The second-order valence-electron chi connectivity index (χ2n) is 13.9. The molecule has 2 saturated carbocycles. The van der Waals surface area contributed by atoms with Crippen molar-refractivity contribution in [2.75, 3.05) is 44.3 Å². The molecule has 1 spiro atoms. The summed E-state index contributed by atoms with van der Waals surface area (Å²) in [5.74, 6) is -1.01. The fraction of sp³-hybridized carbons (Fsp3) is 0.633. The molecule has 0 radical (unpaired) electrons. The number of nitrogens with two attached hydrogens (primary N) is 2. The van der Waals surface area contributed by atoms with Gasteiger partial charge in [-0.2, -0.15) is 4.98 Å². The first-order valence-electron chi connectivity index (χ1n) is 17.5. The lowest BCUT2D eigenvalue weighted by atomic mass is 10.0. The van der Waals surface area contributed by atoms with Gasteiger partial charge in [0.25, 0.3) is 5.56 Å². The molecule has 4 unspecified atom stereocenters. The summed E-state index contributed by atoms with van der Waals surface area (Å²) in [5.41, 5.74) is 9.57. The summed E-state index contributed by atoms with van der Waals surface area (Å²) in [6.07, 6.45) is -3.24. The van der Waals surface area contributed by atoms with Gasteiger partial charge in [-0.15, -0.1) is 0 Å². The van der Waals surface area contributed by atoms with Crippen molar-refractivity contribution >= 4 is 66.0 Å². The van der Waals surface area contributed by atoms with Crippen molar-refractivity contribution in [1.82, 2.24) is 39.0 Å². The van der Waals surface area contributed by atoms with Gasteiger partial charge in [-0.1, -0.05) is 0 Å². The molecule has 4 aliphatic rings. The molecule has 2 aliphatic carbocycles. The number of aliphatic hydroxyl groups is 1. The van der Waals surface area contributed by atoms with E-state index >= 15 is 4.57 Å². The molecule has 2 saturated heterocycles. The molecule has 0 amide bonds. The highest BCUT2D eigenvalue weighted by Crippen LogP contribution is 2.75. The van der Waals surface area contributed by atoms with Crippen LogP contribution in [0.3, 0.4) is 0 Å². The molecule has 0 aromatic carbocycles. The molecule has 2 aliphatic heterocycles. The molecule has 56 heavy (non-hydrogen) atoms. The molecule has 4 fully saturated rings. The minimum absolute atomic E-state index is 0.0136. The number of fused-ring (bicyclic) bond motifs is 4. The average Bonchev–Trinajstić information content (AvgIpc) is 3.47. The number of methoxy groups -OCH3 is 1. The standard InChI is InChI=1S/C30H40N10O13P2S/c1-5-48-54(44)21-20(46-4)15(52-27(21)40-11-36-17-25(40)37-28(32)38-26(17)42)7-49-55(45,56-12-47-29(43)51-13(2)3)53-22-19(41)18(14-6-30(14,22)8-50-54)39-10-35-16-23(31)33-9-34-24(16)39/h9-11,13-15,18-22,27,41H,5-8,12H2,1-4H3,(H2,31,33,34)(H3,32,37,38,42)/t14-,15-,18-,19+,20-,21-,22+,27?,30?,54?,55?/m1/s1. The van der Waals surface area contributed by atoms with Gasteiger partial charge < -0.3 is 49.1 Å². The first-order chi connectivity index (χ1) is 26.7. The molecule has 304 valence electrons. The van der Waals surface area contributed by atoms with Crippen molar-refractivity contribution in [2.45, 2.75) is 75.6 Å². The van der Waals surface area contributed by atoms with Gasteiger partial charge in [0.15, 0.2) is 34.8 Å². The zero-order chi connectivity index (χ0) is 39.7. The van der Waals surface area contributed by atoms with E-state index in [1.165, 1.54) is 30.7 Å². The number of H-pyrrole nitrogens is 1. The van der Waals surface area contributed by atoms with Crippen LogP contribution in [0, 0.1) is 11.3 Å². The molecule has 2 bridgehead atoms. The van der Waals surface area contributed by atoms with E-state index in [1.54, 1.807) is 25.3 Å². The van der Waals surface area contributed by atoms with Crippen LogP contribution in [0.25, 0.3) is 22.3 Å². The molecular weight excluding hydrogens is 802 g/mol. The number of aromatic nitrogens is 8. The number of anilines is 2. The molecule has 6 N–H and O–H groups in total. The second-order valence-corrected chi connectivity index (χ2v) is 20.1. The number of aromatic amines is 1. The third kappa shape index (κ3) is 6.58. The Hall–Kier alpha value is -3.70. The van der Waals surface area contributed by atoms with E-state index in [0.29, 0.717) is 29.0 Å². The summed E-state index contributed by atoms with van der Waals surface area (Å²) in [4.78, 5) is 48.6.